The lowest BCUT2D eigenvalue weighted by Gasteiger charge is -2.32. The number of hydrogen-bond acceptors (Lipinski definition) is 3. The summed E-state index contributed by atoms with van der Waals surface area (Å²) >= 11 is 0. The van der Waals surface area contributed by atoms with E-state index >= 15 is 0 Å². The molecule has 4 heteroatoms. The van der Waals surface area contributed by atoms with Gasteiger partial charge in [-0.05, 0) is 25.0 Å². The number of rotatable bonds is 3. The van der Waals surface area contributed by atoms with Crippen LogP contribution in [-0.4, -0.2) is 34.6 Å². The van der Waals surface area contributed by atoms with Gasteiger partial charge in [0.25, 0.3) is 5.91 Å². The highest BCUT2D eigenvalue weighted by Crippen LogP contribution is 2.24. The summed E-state index contributed by atoms with van der Waals surface area (Å²) in [5.74, 6) is 0.606. The third kappa shape index (κ3) is 3.38. The molecule has 2 aliphatic heterocycles. The molecule has 1 aromatic heterocycles. The van der Waals surface area contributed by atoms with E-state index in [9.17, 15) is 4.79 Å². The predicted molar refractivity (Wildman–Crippen MR) is 99.5 cm³/mol. The van der Waals surface area contributed by atoms with Gasteiger partial charge in [-0.2, -0.15) is 0 Å². The van der Waals surface area contributed by atoms with Crippen molar-refractivity contribution in [2.75, 3.05) is 13.1 Å². The summed E-state index contributed by atoms with van der Waals surface area (Å²) in [7, 11) is 0. The number of amides is 1. The molecule has 126 valence electrons. The van der Waals surface area contributed by atoms with Crippen molar-refractivity contribution < 1.29 is 4.79 Å². The fourth-order valence-corrected chi connectivity index (χ4v) is 3.55. The van der Waals surface area contributed by atoms with Gasteiger partial charge < -0.3 is 4.90 Å². The fourth-order valence-electron chi connectivity index (χ4n) is 3.55. The number of likely N-dealkylation sites (tertiary alicyclic amines) is 1. The molecule has 2 aliphatic rings. The number of hydrogen-bond donors (Lipinski definition) is 0. The van der Waals surface area contributed by atoms with Gasteiger partial charge >= 0.3 is 0 Å². The quantitative estimate of drug-likeness (QED) is 0.854. The molecule has 2 aromatic rings. The lowest BCUT2D eigenvalue weighted by atomic mass is 9.90. The molecule has 4 rings (SSSR count). The van der Waals surface area contributed by atoms with Gasteiger partial charge in [0.05, 0.1) is 11.3 Å². The van der Waals surface area contributed by atoms with Gasteiger partial charge in [-0.25, -0.2) is 0 Å². The zero-order valence-electron chi connectivity index (χ0n) is 14.1. The molecule has 25 heavy (non-hydrogen) atoms. The van der Waals surface area contributed by atoms with E-state index in [1.807, 2.05) is 53.6 Å². The van der Waals surface area contributed by atoms with Gasteiger partial charge in [-0.15, -0.1) is 0 Å². The van der Waals surface area contributed by atoms with Crippen LogP contribution in [0.1, 0.15) is 29.6 Å². The van der Waals surface area contributed by atoms with Crippen LogP contribution in [0, 0.1) is 5.92 Å². The Bertz CT molecular complexity index is 801. The van der Waals surface area contributed by atoms with Gasteiger partial charge in [0.2, 0.25) is 0 Å². The average molecular weight is 331 g/mol. The molecular weight excluding hydrogens is 310 g/mol. The van der Waals surface area contributed by atoms with E-state index in [-0.39, 0.29) is 5.91 Å². The molecule has 0 atom stereocenters. The van der Waals surface area contributed by atoms with Crippen LogP contribution in [0.5, 0.6) is 0 Å². The predicted octanol–water partition coefficient (Wildman–Crippen LogP) is 3.96. The van der Waals surface area contributed by atoms with E-state index in [4.69, 9.17) is 0 Å². The minimum atomic E-state index is 0.0806. The van der Waals surface area contributed by atoms with E-state index in [0.29, 0.717) is 11.5 Å². The van der Waals surface area contributed by atoms with Crippen LogP contribution in [0.15, 0.2) is 65.9 Å². The topological polar surface area (TPSA) is 45.6 Å². The highest BCUT2D eigenvalue weighted by molar-refractivity contribution is 5.95. The summed E-state index contributed by atoms with van der Waals surface area (Å²) in [6.45, 7) is 1.59. The number of benzene rings is 1. The van der Waals surface area contributed by atoms with Crippen LogP contribution in [0.2, 0.25) is 0 Å². The standard InChI is InChI=1S/C21H21N3O/c25-21(24-13-10-17(11-14-24)19-7-4-12-22-19)18-8-9-20(23-15-18)16-5-2-1-3-6-16/h1-6,8-9,12,15,17H,7,10-11,13-14H2. The van der Waals surface area contributed by atoms with Crippen molar-refractivity contribution in [2.45, 2.75) is 19.3 Å². The van der Waals surface area contributed by atoms with Gasteiger partial charge in [0.1, 0.15) is 0 Å². The molecule has 4 nitrogen and oxygen atoms in total. The van der Waals surface area contributed by atoms with Crippen LogP contribution >= 0.6 is 0 Å². The lowest BCUT2D eigenvalue weighted by molar-refractivity contribution is 0.0709. The smallest absolute Gasteiger partial charge is 0.255 e. The molecule has 0 aliphatic carbocycles. The number of pyridine rings is 1. The average Bonchev–Trinajstić information content (AvgIpc) is 3.23. The van der Waals surface area contributed by atoms with Gasteiger partial charge in [-0.3, -0.25) is 14.8 Å². The molecule has 3 heterocycles. The van der Waals surface area contributed by atoms with Crippen molar-refractivity contribution in [3.8, 4) is 11.3 Å². The minimum Gasteiger partial charge on any atom is -0.339 e. The number of nitrogens with zero attached hydrogens (tertiary/aromatic N) is 3. The molecule has 0 spiro atoms. The number of carbonyl (C=O) groups excluding carboxylic acids is 1. The summed E-state index contributed by atoms with van der Waals surface area (Å²) in [6.07, 6.45) is 8.68. The number of allylic oxidation sites excluding steroid dienone is 1. The number of aliphatic imine (C=N–C) groups is 1. The second kappa shape index (κ2) is 7.01. The van der Waals surface area contributed by atoms with Crippen LogP contribution in [0.4, 0.5) is 0 Å². The number of aromatic nitrogens is 1. The molecule has 1 amide bonds. The summed E-state index contributed by atoms with van der Waals surface area (Å²) in [5, 5.41) is 0. The summed E-state index contributed by atoms with van der Waals surface area (Å²) in [4.78, 5) is 23.6. The molecule has 0 unspecified atom stereocenters. The SMILES string of the molecule is O=C(c1ccc(-c2ccccc2)nc1)N1CCC(C2=NC=CC2)CC1. The maximum atomic E-state index is 12.7. The van der Waals surface area contributed by atoms with E-state index in [2.05, 4.69) is 16.1 Å². The Morgan fingerprint density at radius 2 is 1.84 bits per heavy atom. The van der Waals surface area contributed by atoms with E-state index in [1.165, 1.54) is 5.71 Å². The molecule has 1 saturated heterocycles. The zero-order valence-corrected chi connectivity index (χ0v) is 14.1. The summed E-state index contributed by atoms with van der Waals surface area (Å²) in [6, 6.07) is 13.8. The summed E-state index contributed by atoms with van der Waals surface area (Å²) in [5.41, 5.74) is 3.90. The Morgan fingerprint density at radius 1 is 1.04 bits per heavy atom. The van der Waals surface area contributed by atoms with Gasteiger partial charge in [0, 0.05) is 49.1 Å². The van der Waals surface area contributed by atoms with Gasteiger partial charge in [-0.1, -0.05) is 36.4 Å². The Morgan fingerprint density at radius 3 is 2.48 bits per heavy atom. The molecule has 1 aromatic carbocycles. The molecule has 0 radical (unpaired) electrons. The highest BCUT2D eigenvalue weighted by atomic mass is 16.2. The third-order valence-corrected chi connectivity index (χ3v) is 5.01. The lowest BCUT2D eigenvalue weighted by Crippen LogP contribution is -2.40. The van der Waals surface area contributed by atoms with Crippen molar-refractivity contribution in [2.24, 2.45) is 10.9 Å². The molecule has 0 bridgehead atoms. The Hall–Kier alpha value is -2.75. The largest absolute Gasteiger partial charge is 0.339 e. The fraction of sp³-hybridized carbons (Fsp3) is 0.286. The van der Waals surface area contributed by atoms with E-state index < -0.39 is 0 Å². The number of piperidine rings is 1. The highest BCUT2D eigenvalue weighted by Gasteiger charge is 2.26. The first-order valence-corrected chi connectivity index (χ1v) is 8.83. The van der Waals surface area contributed by atoms with Gasteiger partial charge in [0.15, 0.2) is 0 Å². The minimum absolute atomic E-state index is 0.0806. The first kappa shape index (κ1) is 15.8. The second-order valence-electron chi connectivity index (χ2n) is 6.57. The molecular formula is C21H21N3O. The second-order valence-corrected chi connectivity index (χ2v) is 6.57. The van der Waals surface area contributed by atoms with Crippen molar-refractivity contribution >= 4 is 11.6 Å². The van der Waals surface area contributed by atoms with Crippen LogP contribution in [0.3, 0.4) is 0 Å². The van der Waals surface area contributed by atoms with Crippen LogP contribution in [0.25, 0.3) is 11.3 Å². The van der Waals surface area contributed by atoms with E-state index in [0.717, 1.165) is 43.6 Å². The van der Waals surface area contributed by atoms with Crippen LogP contribution < -0.4 is 0 Å². The van der Waals surface area contributed by atoms with Crippen molar-refractivity contribution in [3.05, 3.63) is 66.5 Å². The first-order chi connectivity index (χ1) is 12.3. The maximum Gasteiger partial charge on any atom is 0.255 e. The number of carbonyl (C=O) groups is 1. The van der Waals surface area contributed by atoms with Crippen molar-refractivity contribution in [1.29, 1.82) is 0 Å². The Kier molecular flexibility index (Phi) is 4.42. The third-order valence-electron chi connectivity index (χ3n) is 5.01. The summed E-state index contributed by atoms with van der Waals surface area (Å²) < 4.78 is 0. The van der Waals surface area contributed by atoms with Crippen molar-refractivity contribution in [3.63, 3.8) is 0 Å². The zero-order chi connectivity index (χ0) is 17.1. The Labute approximate surface area is 147 Å². The molecule has 0 N–H and O–H groups in total. The van der Waals surface area contributed by atoms with Crippen LogP contribution in [-0.2, 0) is 0 Å². The Balaban J connectivity index is 1.40. The maximum absolute atomic E-state index is 12.7. The monoisotopic (exact) mass is 331 g/mol. The molecule has 0 saturated carbocycles. The van der Waals surface area contributed by atoms with E-state index in [1.54, 1.807) is 6.20 Å². The first-order valence-electron chi connectivity index (χ1n) is 8.83. The van der Waals surface area contributed by atoms with Crippen molar-refractivity contribution in [1.82, 2.24) is 9.88 Å². The molecule has 1 fully saturated rings. The normalized spacial score (nSPS) is 17.6.